The summed E-state index contributed by atoms with van der Waals surface area (Å²) < 4.78 is 26.8. The first-order valence-electron chi connectivity index (χ1n) is 23.2. The summed E-state index contributed by atoms with van der Waals surface area (Å²) in [5.74, 6) is 0.892. The Hall–Kier alpha value is -3.91. The number of halogens is 2. The molecule has 61 heavy (non-hydrogen) atoms. The molecule has 1 N–H and O–H groups in total. The van der Waals surface area contributed by atoms with Gasteiger partial charge in [0.1, 0.15) is 11.6 Å². The molecule has 1 saturated heterocycles. The van der Waals surface area contributed by atoms with Crippen molar-refractivity contribution in [2.75, 3.05) is 32.7 Å². The van der Waals surface area contributed by atoms with Crippen LogP contribution in [0.2, 0.25) is 0 Å². The van der Waals surface area contributed by atoms with Gasteiger partial charge in [-0.3, -0.25) is 19.3 Å². The molecule has 6 aliphatic rings. The quantitative estimate of drug-likeness (QED) is 0.212. The van der Waals surface area contributed by atoms with E-state index in [1.54, 1.807) is 54.1 Å². The second-order valence-electron chi connectivity index (χ2n) is 22.1. The second-order valence-corrected chi connectivity index (χ2v) is 22.1. The highest BCUT2D eigenvalue weighted by Gasteiger charge is 2.69. The highest BCUT2D eigenvalue weighted by Crippen LogP contribution is 2.76. The highest BCUT2D eigenvalue weighted by molar-refractivity contribution is 5.95. The van der Waals surface area contributed by atoms with Gasteiger partial charge in [-0.15, -0.1) is 0 Å². The van der Waals surface area contributed by atoms with E-state index in [2.05, 4.69) is 69.7 Å². The Morgan fingerprint density at radius 2 is 1.33 bits per heavy atom. The van der Waals surface area contributed by atoms with Crippen molar-refractivity contribution in [3.63, 3.8) is 0 Å². The Labute approximate surface area is 363 Å². The van der Waals surface area contributed by atoms with E-state index in [4.69, 9.17) is 0 Å². The van der Waals surface area contributed by atoms with E-state index in [0.717, 1.165) is 75.3 Å². The van der Waals surface area contributed by atoms with Gasteiger partial charge in [-0.05, 0) is 157 Å². The monoisotopic (exact) mass is 834 g/mol. The number of allylic oxidation sites excluding steroid dienone is 2. The van der Waals surface area contributed by atoms with Gasteiger partial charge in [0.2, 0.25) is 11.8 Å². The van der Waals surface area contributed by atoms with Crippen LogP contribution < -0.4 is 5.32 Å². The summed E-state index contributed by atoms with van der Waals surface area (Å²) in [5.41, 5.74) is 3.10. The summed E-state index contributed by atoms with van der Waals surface area (Å²) in [5, 5.41) is 3.40. The van der Waals surface area contributed by atoms with Crippen LogP contribution in [0.3, 0.4) is 0 Å². The SMILES string of the molecule is CC1(C)CC[C@]2(C(=O)N3CCN(CC(=O)/C=C/c4ccc(F)cc4)CC3)CC[C@]3(C)C(=CC[C@@H]4[C@@]5(C)CCC(NC(=O)/C=C/c6ccc(F)cc6)C(C)(C)[C@@H]5CC[C@]43C)[C@@H]2C1. The van der Waals surface area contributed by atoms with Gasteiger partial charge < -0.3 is 10.2 Å². The third-order valence-electron chi connectivity index (χ3n) is 18.1. The number of benzene rings is 2. The van der Waals surface area contributed by atoms with Crippen molar-refractivity contribution in [1.82, 2.24) is 15.1 Å². The van der Waals surface area contributed by atoms with Gasteiger partial charge in [-0.25, -0.2) is 8.78 Å². The van der Waals surface area contributed by atoms with Gasteiger partial charge in [-0.2, -0.15) is 0 Å². The molecular weight excluding hydrogens is 765 g/mol. The molecule has 8 atom stereocenters. The molecule has 1 heterocycles. The number of piperazine rings is 1. The summed E-state index contributed by atoms with van der Waals surface area (Å²) in [4.78, 5) is 45.6. The molecule has 0 bridgehead atoms. The molecule has 2 aromatic carbocycles. The minimum atomic E-state index is -0.384. The molecule has 1 aliphatic heterocycles. The van der Waals surface area contributed by atoms with Crippen molar-refractivity contribution in [2.24, 2.45) is 50.2 Å². The van der Waals surface area contributed by atoms with E-state index in [0.29, 0.717) is 50.5 Å². The predicted molar refractivity (Wildman–Crippen MR) is 240 cm³/mol. The maximum Gasteiger partial charge on any atom is 0.244 e. The van der Waals surface area contributed by atoms with E-state index in [-0.39, 0.29) is 67.8 Å². The van der Waals surface area contributed by atoms with Crippen LogP contribution in [0.5, 0.6) is 0 Å². The van der Waals surface area contributed by atoms with E-state index >= 15 is 4.79 Å². The number of ketones is 1. The van der Waals surface area contributed by atoms with Crippen LogP contribution >= 0.6 is 0 Å². The van der Waals surface area contributed by atoms with Crippen LogP contribution in [0.4, 0.5) is 8.78 Å². The predicted octanol–water partition coefficient (Wildman–Crippen LogP) is 10.7. The van der Waals surface area contributed by atoms with Gasteiger partial charge in [0.25, 0.3) is 0 Å². The van der Waals surface area contributed by atoms with Crippen molar-refractivity contribution in [3.8, 4) is 0 Å². The van der Waals surface area contributed by atoms with E-state index in [1.165, 1.54) is 24.3 Å². The Kier molecular flexibility index (Phi) is 11.5. The summed E-state index contributed by atoms with van der Waals surface area (Å²) >= 11 is 0. The summed E-state index contributed by atoms with van der Waals surface area (Å²) in [6, 6.07) is 12.4. The van der Waals surface area contributed by atoms with Crippen molar-refractivity contribution >= 4 is 29.7 Å². The van der Waals surface area contributed by atoms with Crippen molar-refractivity contribution in [1.29, 1.82) is 0 Å². The lowest BCUT2D eigenvalue weighted by atomic mass is 9.33. The van der Waals surface area contributed by atoms with Crippen LogP contribution in [0, 0.1) is 61.9 Å². The maximum atomic E-state index is 15.1. The minimum Gasteiger partial charge on any atom is -0.349 e. The molecule has 328 valence electrons. The molecule has 0 aromatic heterocycles. The normalized spacial score (nSPS) is 35.7. The van der Waals surface area contributed by atoms with Crippen molar-refractivity contribution in [3.05, 3.63) is 95.1 Å². The largest absolute Gasteiger partial charge is 0.349 e. The first kappa shape index (κ1) is 43.7. The molecule has 0 radical (unpaired) electrons. The number of carbonyl (C=O) groups excluding carboxylic acids is 3. The number of hydrogen-bond acceptors (Lipinski definition) is 4. The fraction of sp³-hybridized carbons (Fsp3) is 0.604. The number of nitrogens with zero attached hydrogens (tertiary/aromatic N) is 2. The third-order valence-corrected chi connectivity index (χ3v) is 18.1. The summed E-state index contributed by atoms with van der Waals surface area (Å²) in [6.45, 7) is 20.3. The maximum absolute atomic E-state index is 15.1. The van der Waals surface area contributed by atoms with E-state index in [9.17, 15) is 18.4 Å². The van der Waals surface area contributed by atoms with Crippen LogP contribution in [-0.4, -0.2) is 66.2 Å². The number of nitrogens with one attached hydrogen (secondary N) is 1. The Morgan fingerprint density at radius 3 is 1.97 bits per heavy atom. The summed E-state index contributed by atoms with van der Waals surface area (Å²) in [6.07, 6.45) is 19.7. The smallest absolute Gasteiger partial charge is 0.244 e. The van der Waals surface area contributed by atoms with Gasteiger partial charge >= 0.3 is 0 Å². The first-order chi connectivity index (χ1) is 28.8. The van der Waals surface area contributed by atoms with E-state index in [1.807, 2.05) is 0 Å². The van der Waals surface area contributed by atoms with Gasteiger partial charge in [0.05, 0.1) is 12.0 Å². The Bertz CT molecular complexity index is 2100. The molecule has 2 amide bonds. The molecule has 5 aliphatic carbocycles. The minimum absolute atomic E-state index is 0.00656. The van der Waals surface area contributed by atoms with Crippen LogP contribution in [0.25, 0.3) is 12.2 Å². The molecule has 2 aromatic rings. The molecule has 8 rings (SSSR count). The molecule has 6 nitrogen and oxygen atoms in total. The number of rotatable bonds is 8. The molecule has 1 unspecified atom stereocenters. The molecule has 5 fully saturated rings. The second kappa shape index (κ2) is 16.0. The standard InChI is InChI=1S/C53H69F2N3O3/c1-48(2)26-28-53(47(61)58-32-30-57(31-33-58)35-40(59)18-12-36-8-14-38(54)15-9-36)29-27-51(6)41(42(53)34-48)19-20-44-50(5)24-23-45(49(3,4)43(50)22-25-52(44,51)7)56-46(60)21-13-37-10-16-39(55)17-11-37/h8-19,21,42-45H,20,22-35H2,1-7H3,(H,56,60)/b18-12+,21-13+/t42-,43-,44+,45?,50-,51+,52+,53-/m0/s1. The first-order valence-corrected chi connectivity index (χ1v) is 23.2. The molecule has 0 spiro atoms. The lowest BCUT2D eigenvalue weighted by Crippen LogP contribution is -2.67. The zero-order valence-corrected chi connectivity index (χ0v) is 37.8. The lowest BCUT2D eigenvalue weighted by Gasteiger charge is -2.71. The summed E-state index contributed by atoms with van der Waals surface area (Å²) in [7, 11) is 0. The fourth-order valence-electron chi connectivity index (χ4n) is 14.3. The Morgan fingerprint density at radius 1 is 0.721 bits per heavy atom. The molecular formula is C53H69F2N3O3. The number of fused-ring (bicyclic) bond motifs is 7. The molecule has 4 saturated carbocycles. The zero-order chi connectivity index (χ0) is 43.6. The average molecular weight is 834 g/mol. The van der Waals surface area contributed by atoms with E-state index < -0.39 is 0 Å². The average Bonchev–Trinajstić information content (AvgIpc) is 3.21. The van der Waals surface area contributed by atoms with Crippen LogP contribution in [0.1, 0.15) is 124 Å². The fourth-order valence-corrected chi connectivity index (χ4v) is 14.3. The van der Waals surface area contributed by atoms with Crippen molar-refractivity contribution < 1.29 is 23.2 Å². The highest BCUT2D eigenvalue weighted by atomic mass is 19.1. The number of hydrogen-bond donors (Lipinski definition) is 1. The number of carbonyl (C=O) groups is 3. The lowest BCUT2D eigenvalue weighted by molar-refractivity contribution is -0.190. The van der Waals surface area contributed by atoms with Crippen LogP contribution in [-0.2, 0) is 14.4 Å². The molecule has 8 heteroatoms. The number of amides is 2. The van der Waals surface area contributed by atoms with Crippen molar-refractivity contribution in [2.45, 2.75) is 119 Å². The van der Waals surface area contributed by atoms with Gasteiger partial charge in [0.15, 0.2) is 5.78 Å². The topological polar surface area (TPSA) is 69.7 Å². The Balaban J connectivity index is 0.973. The van der Waals surface area contributed by atoms with Gasteiger partial charge in [-0.1, -0.05) is 90.5 Å². The zero-order valence-electron chi connectivity index (χ0n) is 37.8. The van der Waals surface area contributed by atoms with Gasteiger partial charge in [0, 0.05) is 38.3 Å². The third kappa shape index (κ3) is 7.80. The van der Waals surface area contributed by atoms with Crippen LogP contribution in [0.15, 0.2) is 72.3 Å².